The van der Waals surface area contributed by atoms with Gasteiger partial charge in [0.2, 0.25) is 5.89 Å². The number of aryl methyl sites for hydroxylation is 2. The molecular weight excluding hydrogens is 395 g/mol. The Morgan fingerprint density at radius 3 is 2.62 bits per heavy atom. The van der Waals surface area contributed by atoms with Gasteiger partial charge >= 0.3 is 0 Å². The zero-order chi connectivity index (χ0) is 17.4. The van der Waals surface area contributed by atoms with E-state index in [0.717, 1.165) is 27.8 Å². The van der Waals surface area contributed by atoms with E-state index in [1.165, 1.54) is 17.7 Å². The second-order valence-electron chi connectivity index (χ2n) is 6.34. The molecule has 26 heavy (non-hydrogen) atoms. The van der Waals surface area contributed by atoms with Crippen LogP contribution < -0.4 is 21.5 Å². The lowest BCUT2D eigenvalue weighted by atomic mass is 10.1. The number of aromatic nitrogens is 2. The molecule has 2 heterocycles. The van der Waals surface area contributed by atoms with Gasteiger partial charge in [0.1, 0.15) is 16.9 Å². The monoisotopic (exact) mass is 412 g/mol. The molecule has 3 nitrogen and oxygen atoms in total. The highest BCUT2D eigenvalue weighted by atomic mass is 79.9. The van der Waals surface area contributed by atoms with E-state index in [1.807, 2.05) is 42.1 Å². The van der Waals surface area contributed by atoms with E-state index in [-0.39, 0.29) is 22.8 Å². The molecule has 0 saturated heterocycles. The number of oxazole rings is 1. The minimum atomic E-state index is -0.223. The summed E-state index contributed by atoms with van der Waals surface area (Å²) in [7, 11) is 0. The molecule has 0 unspecified atom stereocenters. The van der Waals surface area contributed by atoms with Crippen LogP contribution in [-0.4, -0.2) is 4.98 Å². The number of benzene rings is 2. The van der Waals surface area contributed by atoms with Crippen LogP contribution in [0.15, 0.2) is 65.3 Å². The number of hydrogen-bond donors (Lipinski definition) is 0. The van der Waals surface area contributed by atoms with Crippen LogP contribution in [-0.2, 0) is 6.54 Å². The van der Waals surface area contributed by atoms with Crippen molar-refractivity contribution in [3.63, 3.8) is 0 Å². The van der Waals surface area contributed by atoms with Gasteiger partial charge in [-0.3, -0.25) is 0 Å². The van der Waals surface area contributed by atoms with Crippen molar-refractivity contribution in [2.24, 2.45) is 0 Å². The van der Waals surface area contributed by atoms with Gasteiger partial charge in [0.05, 0.1) is 0 Å². The smallest absolute Gasteiger partial charge is 0.233 e. The van der Waals surface area contributed by atoms with Gasteiger partial charge in [-0.15, -0.1) is 0 Å². The fraction of sp³-hybridized carbons (Fsp3) is 0.143. The molecule has 0 N–H and O–H groups in total. The van der Waals surface area contributed by atoms with Crippen molar-refractivity contribution < 1.29 is 30.4 Å². The summed E-state index contributed by atoms with van der Waals surface area (Å²) in [5.74, 6) is 0.386. The maximum absolute atomic E-state index is 13.0. The lowest BCUT2D eigenvalue weighted by molar-refractivity contribution is -0.687. The largest absolute Gasteiger partial charge is 1.00 e. The molecule has 0 aliphatic carbocycles. The standard InChI is InChI=1S/C21H18FN2O.BrH/c1-14-10-15(2)20-19(11-14)23-21(25-20)17-4-3-9-24(13-17)12-16-5-7-18(22)8-6-16;/h3-11,13H,12H2,1-2H3;1H/q+1;/p-1. The maximum Gasteiger partial charge on any atom is 0.233 e. The van der Waals surface area contributed by atoms with Gasteiger partial charge in [-0.05, 0) is 61.4 Å². The van der Waals surface area contributed by atoms with Crippen LogP contribution in [0, 0.1) is 19.7 Å². The van der Waals surface area contributed by atoms with Crippen molar-refractivity contribution in [3.8, 4) is 11.5 Å². The molecule has 4 rings (SSSR count). The van der Waals surface area contributed by atoms with Crippen molar-refractivity contribution in [2.45, 2.75) is 20.4 Å². The Morgan fingerprint density at radius 1 is 1.08 bits per heavy atom. The molecule has 2 aromatic heterocycles. The lowest BCUT2D eigenvalue weighted by Gasteiger charge is -1.99. The van der Waals surface area contributed by atoms with Crippen molar-refractivity contribution >= 4 is 11.1 Å². The van der Waals surface area contributed by atoms with Crippen molar-refractivity contribution in [2.75, 3.05) is 0 Å². The highest BCUT2D eigenvalue weighted by Gasteiger charge is 2.14. The molecule has 0 radical (unpaired) electrons. The summed E-state index contributed by atoms with van der Waals surface area (Å²) >= 11 is 0. The molecule has 0 saturated carbocycles. The van der Waals surface area contributed by atoms with Gasteiger partial charge in [0.25, 0.3) is 0 Å². The Bertz CT molecular complexity index is 1060. The van der Waals surface area contributed by atoms with Gasteiger partial charge in [0.15, 0.2) is 24.5 Å². The maximum atomic E-state index is 13.0. The predicted molar refractivity (Wildman–Crippen MR) is 94.6 cm³/mol. The minimum Gasteiger partial charge on any atom is -1.00 e. The molecule has 0 aliphatic heterocycles. The van der Waals surface area contributed by atoms with E-state index in [2.05, 4.69) is 18.0 Å². The number of rotatable bonds is 3. The summed E-state index contributed by atoms with van der Waals surface area (Å²) in [5, 5.41) is 0. The molecule has 0 atom stereocenters. The average Bonchev–Trinajstić information content (AvgIpc) is 3.02. The van der Waals surface area contributed by atoms with Crippen LogP contribution >= 0.6 is 0 Å². The third kappa shape index (κ3) is 3.68. The first-order chi connectivity index (χ1) is 12.1. The van der Waals surface area contributed by atoms with E-state index in [1.54, 1.807) is 12.1 Å². The second-order valence-corrected chi connectivity index (χ2v) is 6.34. The molecule has 0 fully saturated rings. The molecule has 5 heteroatoms. The number of halogens is 2. The van der Waals surface area contributed by atoms with Crippen LogP contribution in [0.3, 0.4) is 0 Å². The molecule has 0 spiro atoms. The van der Waals surface area contributed by atoms with Gasteiger partial charge in [0, 0.05) is 11.6 Å². The van der Waals surface area contributed by atoms with Gasteiger partial charge in [-0.1, -0.05) is 6.07 Å². The van der Waals surface area contributed by atoms with Crippen LogP contribution in [0.5, 0.6) is 0 Å². The third-order valence-electron chi connectivity index (χ3n) is 4.20. The fourth-order valence-corrected chi connectivity index (χ4v) is 3.05. The first kappa shape index (κ1) is 18.3. The molecule has 132 valence electrons. The molecule has 0 amide bonds. The summed E-state index contributed by atoms with van der Waals surface area (Å²) in [6.45, 7) is 4.75. The predicted octanol–water partition coefficient (Wildman–Crippen LogP) is 1.59. The van der Waals surface area contributed by atoms with Crippen molar-refractivity contribution in [1.82, 2.24) is 4.98 Å². The van der Waals surface area contributed by atoms with Crippen LogP contribution in [0.2, 0.25) is 0 Å². The quantitative estimate of drug-likeness (QED) is 0.478. The summed E-state index contributed by atoms with van der Waals surface area (Å²) in [5.41, 5.74) is 5.91. The molecule has 2 aromatic carbocycles. The summed E-state index contributed by atoms with van der Waals surface area (Å²) < 4.78 is 21.1. The lowest BCUT2D eigenvalue weighted by Crippen LogP contribution is -3.00. The van der Waals surface area contributed by atoms with Crippen molar-refractivity contribution in [1.29, 1.82) is 0 Å². The number of fused-ring (bicyclic) bond motifs is 1. The molecule has 4 aromatic rings. The Kier molecular flexibility index (Phi) is 5.18. The summed E-state index contributed by atoms with van der Waals surface area (Å²) in [4.78, 5) is 4.63. The third-order valence-corrected chi connectivity index (χ3v) is 4.20. The minimum absolute atomic E-state index is 0. The number of nitrogens with zero attached hydrogens (tertiary/aromatic N) is 2. The van der Waals surface area contributed by atoms with E-state index in [0.29, 0.717) is 12.4 Å². The van der Waals surface area contributed by atoms with E-state index < -0.39 is 0 Å². The first-order valence-corrected chi connectivity index (χ1v) is 8.20. The fourth-order valence-electron chi connectivity index (χ4n) is 3.05. The second kappa shape index (κ2) is 7.38. The topological polar surface area (TPSA) is 29.9 Å². The zero-order valence-electron chi connectivity index (χ0n) is 14.5. The van der Waals surface area contributed by atoms with Gasteiger partial charge in [-0.2, -0.15) is 4.57 Å². The Hall–Kier alpha value is -2.53. The SMILES string of the molecule is Cc1cc(C)c2oc(-c3ccc[n+](Cc4ccc(F)cc4)c3)nc2c1.[Br-]. The Labute approximate surface area is 161 Å². The van der Waals surface area contributed by atoms with Gasteiger partial charge < -0.3 is 21.4 Å². The number of hydrogen-bond acceptors (Lipinski definition) is 2. The molecule has 0 aliphatic rings. The van der Waals surface area contributed by atoms with E-state index >= 15 is 0 Å². The normalized spacial score (nSPS) is 10.7. The van der Waals surface area contributed by atoms with Crippen LogP contribution in [0.4, 0.5) is 4.39 Å². The van der Waals surface area contributed by atoms with Gasteiger partial charge in [-0.25, -0.2) is 9.37 Å². The first-order valence-electron chi connectivity index (χ1n) is 8.20. The summed E-state index contributed by atoms with van der Waals surface area (Å²) in [6.07, 6.45) is 3.97. The Balaban J connectivity index is 0.00000196. The highest BCUT2D eigenvalue weighted by Crippen LogP contribution is 2.26. The Morgan fingerprint density at radius 2 is 1.85 bits per heavy atom. The highest BCUT2D eigenvalue weighted by molar-refractivity contribution is 5.79. The van der Waals surface area contributed by atoms with Crippen LogP contribution in [0.25, 0.3) is 22.6 Å². The van der Waals surface area contributed by atoms with Crippen LogP contribution in [0.1, 0.15) is 16.7 Å². The zero-order valence-corrected chi connectivity index (χ0v) is 16.1. The van der Waals surface area contributed by atoms with Crippen molar-refractivity contribution in [3.05, 3.63) is 83.4 Å². The summed E-state index contributed by atoms with van der Waals surface area (Å²) in [6, 6.07) is 14.6. The average molecular weight is 413 g/mol. The molecular formula is C21H18BrFN2O. The van der Waals surface area contributed by atoms with E-state index in [9.17, 15) is 4.39 Å². The number of pyridine rings is 1. The molecule has 0 bridgehead atoms. The van der Waals surface area contributed by atoms with E-state index in [4.69, 9.17) is 4.42 Å².